The minimum absolute atomic E-state index is 0.209. The lowest BCUT2D eigenvalue weighted by molar-refractivity contribution is 0.538. The molecular weight excluding hydrogens is 276 g/mol. The first-order valence-electron chi connectivity index (χ1n) is 8.26. The van der Waals surface area contributed by atoms with Crippen molar-refractivity contribution in [3.8, 4) is 0 Å². The molecule has 22 heavy (non-hydrogen) atoms. The van der Waals surface area contributed by atoms with E-state index in [1.165, 1.54) is 23.2 Å². The Balaban J connectivity index is 2.06. The van der Waals surface area contributed by atoms with E-state index in [-0.39, 0.29) is 5.63 Å². The van der Waals surface area contributed by atoms with Crippen LogP contribution in [0.5, 0.6) is 0 Å². The van der Waals surface area contributed by atoms with Crippen molar-refractivity contribution in [3.63, 3.8) is 0 Å². The number of fused-ring (bicyclic) bond motifs is 2. The molecule has 0 radical (unpaired) electrons. The van der Waals surface area contributed by atoms with Gasteiger partial charge >= 0.3 is 5.63 Å². The van der Waals surface area contributed by atoms with Crippen LogP contribution in [0.4, 0.5) is 5.69 Å². The molecule has 0 bridgehead atoms. The van der Waals surface area contributed by atoms with Crippen LogP contribution in [0, 0.1) is 6.92 Å². The standard InChI is InChI=1S/C18H22N2O2/c1-11-13(6-7-19)18(21)22-17-14-5-3-9-20-8-2-4-12(16(14)20)10-15(11)17/h10H,2-9,19H2,1H3. The third-order valence-corrected chi connectivity index (χ3v) is 5.16. The van der Waals surface area contributed by atoms with E-state index in [1.54, 1.807) is 0 Å². The van der Waals surface area contributed by atoms with Crippen LogP contribution in [-0.4, -0.2) is 19.6 Å². The fourth-order valence-electron chi connectivity index (χ4n) is 4.13. The smallest absolute Gasteiger partial charge is 0.339 e. The molecule has 1 aromatic heterocycles. The van der Waals surface area contributed by atoms with E-state index in [4.69, 9.17) is 10.2 Å². The maximum absolute atomic E-state index is 12.3. The summed E-state index contributed by atoms with van der Waals surface area (Å²) >= 11 is 0. The quantitative estimate of drug-likeness (QED) is 0.864. The molecule has 0 amide bonds. The van der Waals surface area contributed by atoms with Gasteiger partial charge in [-0.3, -0.25) is 0 Å². The summed E-state index contributed by atoms with van der Waals surface area (Å²) in [5, 5.41) is 1.11. The molecule has 2 aliphatic heterocycles. The predicted molar refractivity (Wildman–Crippen MR) is 88.8 cm³/mol. The number of hydrogen-bond acceptors (Lipinski definition) is 4. The summed E-state index contributed by atoms with van der Waals surface area (Å²) in [7, 11) is 0. The highest BCUT2D eigenvalue weighted by atomic mass is 16.4. The molecule has 0 saturated heterocycles. The van der Waals surface area contributed by atoms with Crippen LogP contribution in [-0.2, 0) is 19.3 Å². The summed E-state index contributed by atoms with van der Waals surface area (Å²) < 4.78 is 5.76. The first kappa shape index (κ1) is 13.8. The second-order valence-corrected chi connectivity index (χ2v) is 6.47. The van der Waals surface area contributed by atoms with Gasteiger partial charge in [-0.25, -0.2) is 4.79 Å². The molecule has 0 unspecified atom stereocenters. The summed E-state index contributed by atoms with van der Waals surface area (Å²) in [6.07, 6.45) is 5.07. The molecule has 0 atom stereocenters. The van der Waals surface area contributed by atoms with Crippen LogP contribution in [0.25, 0.3) is 11.0 Å². The molecule has 0 spiro atoms. The minimum atomic E-state index is -0.209. The van der Waals surface area contributed by atoms with Crippen molar-refractivity contribution in [2.24, 2.45) is 5.73 Å². The monoisotopic (exact) mass is 298 g/mol. The average molecular weight is 298 g/mol. The van der Waals surface area contributed by atoms with E-state index in [0.29, 0.717) is 13.0 Å². The van der Waals surface area contributed by atoms with E-state index < -0.39 is 0 Å². The molecule has 0 saturated carbocycles. The van der Waals surface area contributed by atoms with E-state index in [2.05, 4.69) is 11.0 Å². The lowest BCUT2D eigenvalue weighted by Crippen LogP contribution is -2.34. The summed E-state index contributed by atoms with van der Waals surface area (Å²) in [6, 6.07) is 2.25. The maximum Gasteiger partial charge on any atom is 0.339 e. The fraction of sp³-hybridized carbons (Fsp3) is 0.500. The molecular formula is C18H22N2O2. The first-order valence-corrected chi connectivity index (χ1v) is 8.26. The zero-order chi connectivity index (χ0) is 15.3. The highest BCUT2D eigenvalue weighted by Gasteiger charge is 2.27. The SMILES string of the molecule is Cc1c(CCN)c(=O)oc2c3c4c(cc12)CCCN4CCC3. The van der Waals surface area contributed by atoms with Crippen LogP contribution in [0.3, 0.4) is 0 Å². The Morgan fingerprint density at radius 2 is 2.05 bits per heavy atom. The Morgan fingerprint density at radius 3 is 2.82 bits per heavy atom. The maximum atomic E-state index is 12.3. The summed E-state index contributed by atoms with van der Waals surface area (Å²) in [5.74, 6) is 0. The normalized spacial score (nSPS) is 16.9. The van der Waals surface area contributed by atoms with E-state index in [9.17, 15) is 4.79 Å². The molecule has 4 heteroatoms. The lowest BCUT2D eigenvalue weighted by atomic mass is 9.88. The van der Waals surface area contributed by atoms with Gasteiger partial charge in [0.15, 0.2) is 0 Å². The predicted octanol–water partition coefficient (Wildman–Crippen LogP) is 2.30. The van der Waals surface area contributed by atoms with Crippen molar-refractivity contribution < 1.29 is 4.42 Å². The van der Waals surface area contributed by atoms with E-state index in [0.717, 1.165) is 54.4 Å². The Hall–Kier alpha value is -1.81. The van der Waals surface area contributed by atoms with Gasteiger partial charge in [-0.1, -0.05) is 0 Å². The summed E-state index contributed by atoms with van der Waals surface area (Å²) in [5.41, 5.74) is 12.1. The van der Waals surface area contributed by atoms with Gasteiger partial charge in [0.05, 0.1) is 0 Å². The number of benzene rings is 1. The molecule has 0 aliphatic carbocycles. The van der Waals surface area contributed by atoms with Gasteiger partial charge in [-0.2, -0.15) is 0 Å². The number of nitrogens with zero attached hydrogens (tertiary/aromatic N) is 1. The van der Waals surface area contributed by atoms with Gasteiger partial charge in [-0.15, -0.1) is 0 Å². The van der Waals surface area contributed by atoms with Crippen molar-refractivity contribution in [1.29, 1.82) is 0 Å². The van der Waals surface area contributed by atoms with E-state index in [1.807, 2.05) is 6.92 Å². The van der Waals surface area contributed by atoms with Crippen molar-refractivity contribution >= 4 is 16.7 Å². The number of rotatable bonds is 2. The lowest BCUT2D eigenvalue weighted by Gasteiger charge is -2.37. The van der Waals surface area contributed by atoms with Crippen molar-refractivity contribution in [3.05, 3.63) is 38.7 Å². The number of anilines is 1. The average Bonchev–Trinajstić information content (AvgIpc) is 2.53. The number of hydrogen-bond donors (Lipinski definition) is 1. The third-order valence-electron chi connectivity index (χ3n) is 5.16. The highest BCUT2D eigenvalue weighted by Crippen LogP contribution is 2.40. The zero-order valence-electron chi connectivity index (χ0n) is 13.1. The van der Waals surface area contributed by atoms with Gasteiger partial charge in [0.2, 0.25) is 0 Å². The zero-order valence-corrected chi connectivity index (χ0v) is 13.1. The van der Waals surface area contributed by atoms with E-state index >= 15 is 0 Å². The second kappa shape index (κ2) is 5.13. The topological polar surface area (TPSA) is 59.5 Å². The Kier molecular flexibility index (Phi) is 3.22. The molecule has 4 nitrogen and oxygen atoms in total. The number of aryl methyl sites for hydroxylation is 3. The van der Waals surface area contributed by atoms with Crippen molar-refractivity contribution in [2.75, 3.05) is 24.5 Å². The number of nitrogens with two attached hydrogens (primary N) is 1. The van der Waals surface area contributed by atoms with Crippen LogP contribution in [0.2, 0.25) is 0 Å². The highest BCUT2D eigenvalue weighted by molar-refractivity contribution is 5.91. The largest absolute Gasteiger partial charge is 0.422 e. The molecule has 4 rings (SSSR count). The summed E-state index contributed by atoms with van der Waals surface area (Å²) in [6.45, 7) is 4.76. The van der Waals surface area contributed by atoms with Crippen LogP contribution < -0.4 is 16.3 Å². The third kappa shape index (κ3) is 1.90. The van der Waals surface area contributed by atoms with Gasteiger partial charge in [-0.05, 0) is 62.8 Å². The molecule has 0 fully saturated rings. The van der Waals surface area contributed by atoms with Gasteiger partial charge in [0.1, 0.15) is 5.58 Å². The van der Waals surface area contributed by atoms with Crippen molar-refractivity contribution in [1.82, 2.24) is 0 Å². The van der Waals surface area contributed by atoms with Crippen LogP contribution in [0.1, 0.15) is 35.1 Å². The van der Waals surface area contributed by atoms with Gasteiger partial charge < -0.3 is 15.1 Å². The first-order chi connectivity index (χ1) is 10.7. The second-order valence-electron chi connectivity index (χ2n) is 6.47. The van der Waals surface area contributed by atoms with Crippen LogP contribution in [0.15, 0.2) is 15.3 Å². The Bertz CT molecular complexity index is 805. The molecule has 1 aromatic carbocycles. The molecule has 116 valence electrons. The fourth-order valence-corrected chi connectivity index (χ4v) is 4.13. The molecule has 2 aliphatic rings. The minimum Gasteiger partial charge on any atom is -0.422 e. The Morgan fingerprint density at radius 1 is 1.27 bits per heavy atom. The van der Waals surface area contributed by atoms with Gasteiger partial charge in [0, 0.05) is 35.3 Å². The van der Waals surface area contributed by atoms with Crippen molar-refractivity contribution in [2.45, 2.75) is 39.0 Å². The van der Waals surface area contributed by atoms with Gasteiger partial charge in [0.25, 0.3) is 0 Å². The molecule has 2 aromatic rings. The molecule has 3 heterocycles. The summed E-state index contributed by atoms with van der Waals surface area (Å²) in [4.78, 5) is 14.8. The van der Waals surface area contributed by atoms with Crippen LogP contribution >= 0.6 is 0 Å². The Labute approximate surface area is 129 Å². The molecule has 2 N–H and O–H groups in total.